The molecule has 1 saturated heterocycles. The number of carbonyl (C=O) groups excluding carboxylic acids is 2. The number of aromatic nitrogens is 2. The smallest absolute Gasteiger partial charge is 0.286 e. The van der Waals surface area contributed by atoms with Crippen LogP contribution in [0.1, 0.15) is 44.1 Å². The maximum atomic E-state index is 13.0. The van der Waals surface area contributed by atoms with E-state index in [-0.39, 0.29) is 29.7 Å². The van der Waals surface area contributed by atoms with E-state index in [1.807, 2.05) is 0 Å². The number of benzene rings is 2. The molecular weight excluding hydrogens is 432 g/mol. The summed E-state index contributed by atoms with van der Waals surface area (Å²) in [6.07, 6.45) is 1.64. The second-order valence-electron chi connectivity index (χ2n) is 7.35. The number of fused-ring (bicyclic) bond motifs is 1. The Labute approximate surface area is 187 Å². The number of hydrogen-bond donors (Lipinski definition) is 1. The van der Waals surface area contributed by atoms with Gasteiger partial charge in [0.05, 0.1) is 13.2 Å². The minimum absolute atomic E-state index is 0.0725. The predicted octanol–water partition coefficient (Wildman–Crippen LogP) is 3.51. The first-order valence-electron chi connectivity index (χ1n) is 10.1. The summed E-state index contributed by atoms with van der Waals surface area (Å²) in [7, 11) is 1.59. The summed E-state index contributed by atoms with van der Waals surface area (Å²) in [5, 5.41) is 12.0. The normalized spacial score (nSPS) is 16.8. The highest BCUT2D eigenvalue weighted by Gasteiger charge is 2.33. The van der Waals surface area contributed by atoms with Gasteiger partial charge in [0.15, 0.2) is 11.5 Å². The van der Waals surface area contributed by atoms with Crippen LogP contribution in [-0.2, 0) is 0 Å². The first kappa shape index (κ1) is 20.3. The molecule has 1 aromatic heterocycles. The third-order valence-corrected chi connectivity index (χ3v) is 6.42. The molecule has 0 spiro atoms. The van der Waals surface area contributed by atoms with Crippen LogP contribution in [0.25, 0.3) is 0 Å². The van der Waals surface area contributed by atoms with Gasteiger partial charge in [-0.25, -0.2) is 0 Å². The number of methoxy groups -OCH3 is 1. The number of likely N-dealkylation sites (tertiary alicyclic amines) is 1. The topological polar surface area (TPSA) is 103 Å². The molecule has 5 rings (SSSR count). The second-order valence-corrected chi connectivity index (χ2v) is 8.36. The largest absolute Gasteiger partial charge is 0.497 e. The van der Waals surface area contributed by atoms with Crippen molar-refractivity contribution in [3.8, 4) is 17.2 Å². The number of ether oxygens (including phenoxy) is 3. The molecule has 0 saturated carbocycles. The number of carbonyl (C=O) groups is 2. The molecule has 1 atom stereocenters. The highest BCUT2D eigenvalue weighted by Crippen LogP contribution is 2.36. The zero-order chi connectivity index (χ0) is 22.1. The van der Waals surface area contributed by atoms with E-state index in [0.717, 1.165) is 12.8 Å². The predicted molar refractivity (Wildman–Crippen MR) is 116 cm³/mol. The summed E-state index contributed by atoms with van der Waals surface area (Å²) in [5.74, 6) is 1.49. The average molecular weight is 452 g/mol. The van der Waals surface area contributed by atoms with Crippen molar-refractivity contribution in [1.82, 2.24) is 15.1 Å². The van der Waals surface area contributed by atoms with Gasteiger partial charge in [-0.15, -0.1) is 10.2 Å². The first-order valence-corrected chi connectivity index (χ1v) is 10.9. The van der Waals surface area contributed by atoms with Gasteiger partial charge >= 0.3 is 0 Å². The molecule has 0 radical (unpaired) electrons. The van der Waals surface area contributed by atoms with E-state index in [0.29, 0.717) is 40.1 Å². The summed E-state index contributed by atoms with van der Waals surface area (Å²) >= 11 is 1.20. The Hall–Kier alpha value is -3.66. The highest BCUT2D eigenvalue weighted by atomic mass is 32.1. The van der Waals surface area contributed by atoms with Crippen LogP contribution in [0.3, 0.4) is 0 Å². The summed E-state index contributed by atoms with van der Waals surface area (Å²) in [6.45, 7) is 0.799. The molecule has 1 unspecified atom stereocenters. The number of rotatable bonds is 5. The Balaban J connectivity index is 1.29. The van der Waals surface area contributed by atoms with E-state index in [1.54, 1.807) is 54.5 Å². The van der Waals surface area contributed by atoms with Crippen LogP contribution in [0.5, 0.6) is 17.2 Å². The molecule has 9 nitrogen and oxygen atoms in total. The van der Waals surface area contributed by atoms with Crippen LogP contribution in [0.4, 0.5) is 5.69 Å². The van der Waals surface area contributed by atoms with Gasteiger partial charge in [0.1, 0.15) is 10.8 Å². The third-order valence-electron chi connectivity index (χ3n) is 5.40. The minimum atomic E-state index is -0.362. The Morgan fingerprint density at radius 1 is 1.12 bits per heavy atom. The molecule has 2 aromatic carbocycles. The average Bonchev–Trinajstić information content (AvgIpc) is 3.58. The molecule has 2 aliphatic rings. The van der Waals surface area contributed by atoms with E-state index in [1.165, 1.54) is 11.3 Å². The fourth-order valence-electron chi connectivity index (χ4n) is 3.79. The summed E-state index contributed by atoms with van der Waals surface area (Å²) in [5.41, 5.74) is 1.16. The van der Waals surface area contributed by atoms with Gasteiger partial charge < -0.3 is 24.4 Å². The van der Waals surface area contributed by atoms with Crippen molar-refractivity contribution < 1.29 is 23.8 Å². The van der Waals surface area contributed by atoms with Crippen molar-refractivity contribution in [1.29, 1.82) is 0 Å². The molecule has 2 amide bonds. The van der Waals surface area contributed by atoms with Crippen molar-refractivity contribution in [2.24, 2.45) is 0 Å². The van der Waals surface area contributed by atoms with Gasteiger partial charge in [-0.05, 0) is 49.2 Å². The van der Waals surface area contributed by atoms with E-state index >= 15 is 0 Å². The Kier molecular flexibility index (Phi) is 5.36. The quantitative estimate of drug-likeness (QED) is 0.632. The Morgan fingerprint density at radius 2 is 1.94 bits per heavy atom. The maximum Gasteiger partial charge on any atom is 0.286 e. The summed E-state index contributed by atoms with van der Waals surface area (Å²) in [4.78, 5) is 27.5. The van der Waals surface area contributed by atoms with Gasteiger partial charge in [-0.1, -0.05) is 11.3 Å². The van der Waals surface area contributed by atoms with Crippen LogP contribution in [0.2, 0.25) is 0 Å². The molecule has 2 aliphatic heterocycles. The van der Waals surface area contributed by atoms with Crippen LogP contribution in [-0.4, -0.2) is 47.4 Å². The van der Waals surface area contributed by atoms with Crippen LogP contribution in [0.15, 0.2) is 42.5 Å². The third kappa shape index (κ3) is 3.84. The Bertz CT molecular complexity index is 1160. The lowest BCUT2D eigenvalue weighted by Crippen LogP contribution is -2.30. The van der Waals surface area contributed by atoms with Gasteiger partial charge in [0, 0.05) is 23.9 Å². The van der Waals surface area contributed by atoms with Crippen molar-refractivity contribution in [3.05, 3.63) is 58.0 Å². The molecule has 1 fully saturated rings. The van der Waals surface area contributed by atoms with Crippen LogP contribution < -0.4 is 19.5 Å². The van der Waals surface area contributed by atoms with Crippen molar-refractivity contribution in [2.45, 2.75) is 18.9 Å². The molecule has 10 heteroatoms. The fourth-order valence-corrected chi connectivity index (χ4v) is 4.67. The van der Waals surface area contributed by atoms with Gasteiger partial charge in [0.2, 0.25) is 11.8 Å². The zero-order valence-electron chi connectivity index (χ0n) is 17.2. The van der Waals surface area contributed by atoms with E-state index in [2.05, 4.69) is 15.5 Å². The maximum absolute atomic E-state index is 13.0. The number of amides is 2. The van der Waals surface area contributed by atoms with Crippen molar-refractivity contribution >= 4 is 28.8 Å². The lowest BCUT2D eigenvalue weighted by atomic mass is 10.1. The lowest BCUT2D eigenvalue weighted by Gasteiger charge is -2.22. The molecule has 3 aromatic rings. The summed E-state index contributed by atoms with van der Waals surface area (Å²) < 4.78 is 15.8. The molecule has 1 N–H and O–H groups in total. The number of nitrogens with one attached hydrogen (secondary N) is 1. The molecule has 0 bridgehead atoms. The van der Waals surface area contributed by atoms with E-state index < -0.39 is 0 Å². The number of anilines is 1. The lowest BCUT2D eigenvalue weighted by molar-refractivity contribution is 0.0735. The molecule has 32 heavy (non-hydrogen) atoms. The van der Waals surface area contributed by atoms with Crippen molar-refractivity contribution in [2.75, 3.05) is 25.8 Å². The molecule has 0 aliphatic carbocycles. The second kappa shape index (κ2) is 8.46. The minimum Gasteiger partial charge on any atom is -0.497 e. The standard InChI is InChI=1S/C22H20N4O5S/c1-29-15-7-4-13(5-8-15)22(28)26-10-2-3-16(26)20-24-25-21(32-20)19(27)23-14-6-9-17-18(11-14)31-12-30-17/h4-9,11,16H,2-3,10,12H2,1H3,(H,23,27). The number of hydrogen-bond acceptors (Lipinski definition) is 8. The fraction of sp³-hybridized carbons (Fsp3) is 0.273. The molecule has 3 heterocycles. The monoisotopic (exact) mass is 452 g/mol. The van der Waals surface area contributed by atoms with Crippen LogP contribution >= 0.6 is 11.3 Å². The van der Waals surface area contributed by atoms with Gasteiger partial charge in [-0.3, -0.25) is 9.59 Å². The van der Waals surface area contributed by atoms with Crippen LogP contribution in [0, 0.1) is 0 Å². The Morgan fingerprint density at radius 3 is 2.75 bits per heavy atom. The zero-order valence-corrected chi connectivity index (χ0v) is 18.1. The molecular formula is C22H20N4O5S. The summed E-state index contributed by atoms with van der Waals surface area (Å²) in [6, 6.07) is 12.0. The highest BCUT2D eigenvalue weighted by molar-refractivity contribution is 7.13. The molecule has 164 valence electrons. The van der Waals surface area contributed by atoms with Gasteiger partial charge in [0.25, 0.3) is 11.8 Å². The van der Waals surface area contributed by atoms with Gasteiger partial charge in [-0.2, -0.15) is 0 Å². The number of nitrogens with zero attached hydrogens (tertiary/aromatic N) is 3. The first-order chi connectivity index (χ1) is 15.6. The van der Waals surface area contributed by atoms with Crippen molar-refractivity contribution in [3.63, 3.8) is 0 Å². The van der Waals surface area contributed by atoms with E-state index in [4.69, 9.17) is 14.2 Å². The SMILES string of the molecule is COc1ccc(C(=O)N2CCCC2c2nnc(C(=O)Nc3ccc4c(c3)OCO4)s2)cc1. The van der Waals surface area contributed by atoms with E-state index in [9.17, 15) is 9.59 Å².